The van der Waals surface area contributed by atoms with E-state index in [2.05, 4.69) is 20.7 Å². The third kappa shape index (κ3) is 6.74. The van der Waals surface area contributed by atoms with Crippen molar-refractivity contribution in [1.82, 2.24) is 25.4 Å². The highest BCUT2D eigenvalue weighted by atomic mass is 32.2. The van der Waals surface area contributed by atoms with Gasteiger partial charge in [-0.1, -0.05) is 12.1 Å². The number of rotatable bonds is 8. The maximum absolute atomic E-state index is 14.4. The number of nitrogens with one attached hydrogen (secondary N) is 2. The van der Waals surface area contributed by atoms with Gasteiger partial charge in [0.05, 0.1) is 17.3 Å². The van der Waals surface area contributed by atoms with Crippen LogP contribution in [0.4, 0.5) is 26.3 Å². The fraction of sp³-hybridized carbons (Fsp3) is 0.267. The van der Waals surface area contributed by atoms with E-state index >= 15 is 0 Å². The van der Waals surface area contributed by atoms with Gasteiger partial charge >= 0.3 is 6.18 Å². The van der Waals surface area contributed by atoms with Crippen LogP contribution in [-0.4, -0.2) is 39.4 Å². The van der Waals surface area contributed by atoms with Crippen molar-refractivity contribution in [2.45, 2.75) is 37.4 Å². The quantitative estimate of drug-likeness (QED) is 0.246. The van der Waals surface area contributed by atoms with E-state index in [4.69, 9.17) is 0 Å². The minimum absolute atomic E-state index is 0.0450. The first kappa shape index (κ1) is 31.1. The highest BCUT2D eigenvalue weighted by Gasteiger charge is 2.40. The average molecular weight is 634 g/mol. The zero-order valence-corrected chi connectivity index (χ0v) is 24.0. The number of halogens is 6. The topological polar surface area (TPSA) is 88.9 Å². The monoisotopic (exact) mass is 633 g/mol. The molecule has 0 spiro atoms. The summed E-state index contributed by atoms with van der Waals surface area (Å²) in [5, 5.41) is 8.84. The fourth-order valence-electron chi connectivity index (χ4n) is 5.16. The lowest BCUT2D eigenvalue weighted by atomic mass is 9.94. The molecule has 0 unspecified atom stereocenters. The van der Waals surface area contributed by atoms with E-state index in [0.29, 0.717) is 35.1 Å². The number of amides is 2. The molecule has 5 rings (SSSR count). The summed E-state index contributed by atoms with van der Waals surface area (Å²) in [5.74, 6) is -3.16. The summed E-state index contributed by atoms with van der Waals surface area (Å²) in [7, 11) is 1.35. The largest absolute Gasteiger partial charge is 0.435 e. The van der Waals surface area contributed by atoms with Gasteiger partial charge in [-0.2, -0.15) is 30.0 Å². The predicted octanol–water partition coefficient (Wildman–Crippen LogP) is 5.63. The minimum Gasteiger partial charge on any atom is -0.355 e. The van der Waals surface area contributed by atoms with Gasteiger partial charge in [0, 0.05) is 41.9 Å². The van der Waals surface area contributed by atoms with Gasteiger partial charge in [0.15, 0.2) is 5.69 Å². The van der Waals surface area contributed by atoms with E-state index in [9.17, 15) is 35.9 Å². The molecule has 1 aliphatic heterocycles. The standard InChI is InChI=1S/C30H25F6N5O2S/c1-37-29(43)21-12-17(4-5-23(21)33)20-3-2-7-38-27(20)24(11-16-9-18(31)13-19(32)10-16)39-26(42)14-41-25-6-8-44-15-22(25)28(40-41)30(34,35)36/h2-5,7,9-10,12-13,24H,6,8,11,14-15H2,1H3,(H,37,43)(H,39,42)/t24-/m0/s1. The van der Waals surface area contributed by atoms with Crippen molar-refractivity contribution >= 4 is 23.6 Å². The molecule has 0 saturated carbocycles. The zero-order valence-electron chi connectivity index (χ0n) is 23.1. The first-order chi connectivity index (χ1) is 20.9. The van der Waals surface area contributed by atoms with Crippen LogP contribution in [-0.2, 0) is 36.1 Å². The van der Waals surface area contributed by atoms with Gasteiger partial charge < -0.3 is 10.6 Å². The summed E-state index contributed by atoms with van der Waals surface area (Å²) in [6.07, 6.45) is -3.13. The Morgan fingerprint density at radius 1 is 1.07 bits per heavy atom. The van der Waals surface area contributed by atoms with E-state index in [1.807, 2.05) is 0 Å². The Morgan fingerprint density at radius 2 is 1.82 bits per heavy atom. The van der Waals surface area contributed by atoms with Crippen molar-refractivity contribution in [3.8, 4) is 11.1 Å². The maximum Gasteiger partial charge on any atom is 0.435 e. The number of aromatic nitrogens is 3. The van der Waals surface area contributed by atoms with Crippen LogP contribution in [0.5, 0.6) is 0 Å². The molecule has 3 heterocycles. The summed E-state index contributed by atoms with van der Waals surface area (Å²) >= 11 is 1.34. The van der Waals surface area contributed by atoms with Crippen molar-refractivity contribution in [2.24, 2.45) is 0 Å². The summed E-state index contributed by atoms with van der Waals surface area (Å²) in [6, 6.07) is 8.84. The number of fused-ring (bicyclic) bond motifs is 1. The van der Waals surface area contributed by atoms with Gasteiger partial charge in [-0.3, -0.25) is 19.3 Å². The molecule has 0 radical (unpaired) electrons. The van der Waals surface area contributed by atoms with Crippen LogP contribution in [0.2, 0.25) is 0 Å². The lowest BCUT2D eigenvalue weighted by molar-refractivity contribution is -0.142. The molecular weight excluding hydrogens is 608 g/mol. The smallest absolute Gasteiger partial charge is 0.355 e. The van der Waals surface area contributed by atoms with Crippen LogP contribution >= 0.6 is 11.8 Å². The van der Waals surface area contributed by atoms with Gasteiger partial charge in [0.25, 0.3) is 5.91 Å². The summed E-state index contributed by atoms with van der Waals surface area (Å²) in [5.41, 5.74) is 0.227. The predicted molar refractivity (Wildman–Crippen MR) is 151 cm³/mol. The molecule has 14 heteroatoms. The second kappa shape index (κ2) is 12.7. The normalized spacial score (nSPS) is 13.7. The Balaban J connectivity index is 1.53. The van der Waals surface area contributed by atoms with Crippen molar-refractivity contribution in [3.05, 3.63) is 106 Å². The van der Waals surface area contributed by atoms with E-state index in [1.54, 1.807) is 12.1 Å². The summed E-state index contributed by atoms with van der Waals surface area (Å²) in [6.45, 7) is -0.545. The number of carbonyl (C=O) groups excluding carboxylic acids is 2. The molecule has 1 aliphatic rings. The van der Waals surface area contributed by atoms with Crippen molar-refractivity contribution < 1.29 is 35.9 Å². The van der Waals surface area contributed by atoms with Gasteiger partial charge in [-0.25, -0.2) is 13.2 Å². The zero-order chi connectivity index (χ0) is 31.6. The van der Waals surface area contributed by atoms with E-state index in [1.165, 1.54) is 37.1 Å². The third-order valence-corrected chi connectivity index (χ3v) is 8.06. The van der Waals surface area contributed by atoms with Gasteiger partial charge in [0.2, 0.25) is 5.91 Å². The van der Waals surface area contributed by atoms with Gasteiger partial charge in [0.1, 0.15) is 24.0 Å². The molecule has 0 fully saturated rings. The first-order valence-corrected chi connectivity index (χ1v) is 14.5. The maximum atomic E-state index is 14.4. The average Bonchev–Trinajstić information content (AvgIpc) is 3.35. The van der Waals surface area contributed by atoms with Crippen LogP contribution in [0.15, 0.2) is 54.7 Å². The number of nitrogens with zero attached hydrogens (tertiary/aromatic N) is 3. The number of hydrogen-bond donors (Lipinski definition) is 2. The molecule has 2 amide bonds. The molecule has 4 aromatic rings. The lowest BCUT2D eigenvalue weighted by Gasteiger charge is -2.22. The molecular formula is C30H25F6N5O2S. The van der Waals surface area contributed by atoms with Crippen molar-refractivity contribution in [3.63, 3.8) is 0 Å². The lowest BCUT2D eigenvalue weighted by Crippen LogP contribution is -2.34. The SMILES string of the molecule is CNC(=O)c1cc(-c2cccnc2[C@H](Cc2cc(F)cc(F)c2)NC(=O)Cn2nc(C(F)(F)F)c3c2CCSC3)ccc1F. The molecule has 2 N–H and O–H groups in total. The Hall–Kier alpha value is -4.33. The van der Waals surface area contributed by atoms with E-state index in [-0.39, 0.29) is 34.6 Å². The second-order valence-electron chi connectivity index (χ2n) is 10.0. The molecule has 7 nitrogen and oxygen atoms in total. The van der Waals surface area contributed by atoms with Crippen LogP contribution < -0.4 is 10.6 Å². The third-order valence-electron chi connectivity index (χ3n) is 7.07. The highest BCUT2D eigenvalue weighted by molar-refractivity contribution is 7.98. The fourth-order valence-corrected chi connectivity index (χ4v) is 6.15. The Bertz CT molecular complexity index is 1700. The number of thioether (sulfide) groups is 1. The number of benzene rings is 2. The number of hydrogen-bond acceptors (Lipinski definition) is 5. The number of pyridine rings is 1. The Labute approximate surface area is 252 Å². The highest BCUT2D eigenvalue weighted by Crippen LogP contribution is 2.37. The molecule has 2 aromatic carbocycles. The summed E-state index contributed by atoms with van der Waals surface area (Å²) < 4.78 is 84.8. The molecule has 0 bridgehead atoms. The van der Waals surface area contributed by atoms with Crippen molar-refractivity contribution in [1.29, 1.82) is 0 Å². The van der Waals surface area contributed by atoms with Gasteiger partial charge in [-0.05, 0) is 60.1 Å². The molecule has 0 aliphatic carbocycles. The molecule has 2 aromatic heterocycles. The minimum atomic E-state index is -4.70. The summed E-state index contributed by atoms with van der Waals surface area (Å²) in [4.78, 5) is 30.1. The molecule has 44 heavy (non-hydrogen) atoms. The van der Waals surface area contributed by atoms with Crippen LogP contribution in [0.3, 0.4) is 0 Å². The number of alkyl halides is 3. The first-order valence-electron chi connectivity index (χ1n) is 13.4. The van der Waals surface area contributed by atoms with Crippen LogP contribution in [0, 0.1) is 17.5 Å². The molecule has 0 saturated heterocycles. The van der Waals surface area contributed by atoms with E-state index in [0.717, 1.165) is 22.9 Å². The molecule has 230 valence electrons. The van der Waals surface area contributed by atoms with Crippen molar-refractivity contribution in [2.75, 3.05) is 12.8 Å². The van der Waals surface area contributed by atoms with Crippen LogP contribution in [0.25, 0.3) is 11.1 Å². The van der Waals surface area contributed by atoms with E-state index < -0.39 is 53.7 Å². The van der Waals surface area contributed by atoms with Gasteiger partial charge in [-0.15, -0.1) is 0 Å². The second-order valence-corrected chi connectivity index (χ2v) is 11.1. The number of carbonyl (C=O) groups is 2. The Morgan fingerprint density at radius 3 is 2.52 bits per heavy atom. The molecule has 1 atom stereocenters. The Kier molecular flexibility index (Phi) is 9.00. The van der Waals surface area contributed by atoms with Crippen LogP contribution in [0.1, 0.15) is 44.6 Å².